The number of hydrogen-bond acceptors (Lipinski definition) is 1. The summed E-state index contributed by atoms with van der Waals surface area (Å²) in [6, 6.07) is 4.09. The van der Waals surface area contributed by atoms with Gasteiger partial charge in [0.25, 0.3) is 5.91 Å². The topological polar surface area (TPSA) is 20.3 Å². The number of carbonyl (C=O) groups is 1. The first-order valence-corrected chi connectivity index (χ1v) is 5.98. The molecule has 1 aliphatic rings. The molecule has 1 aromatic carbocycles. The van der Waals surface area contributed by atoms with Crippen LogP contribution in [0.25, 0.3) is 0 Å². The fourth-order valence-corrected chi connectivity index (χ4v) is 2.04. The van der Waals surface area contributed by atoms with Gasteiger partial charge in [-0.2, -0.15) is 13.2 Å². The Labute approximate surface area is 108 Å². The van der Waals surface area contributed by atoms with Crippen molar-refractivity contribution in [2.45, 2.75) is 25.2 Å². The lowest BCUT2D eigenvalue weighted by molar-refractivity contribution is -0.137. The van der Waals surface area contributed by atoms with Crippen LogP contribution >= 0.6 is 0 Å². The Morgan fingerprint density at radius 3 is 2.11 bits per heavy atom. The summed E-state index contributed by atoms with van der Waals surface area (Å²) < 4.78 is 50.1. The molecule has 1 aliphatic heterocycles. The minimum Gasteiger partial charge on any atom is -0.338 e. The Balaban J connectivity index is 2.08. The van der Waals surface area contributed by atoms with Gasteiger partial charge in [0.05, 0.1) is 5.56 Å². The number of benzene rings is 1. The molecule has 0 aromatic heterocycles. The van der Waals surface area contributed by atoms with Gasteiger partial charge in [0.15, 0.2) is 0 Å². The molecule has 0 bridgehead atoms. The molecule has 104 valence electrons. The minimum absolute atomic E-state index is 0.199. The predicted octanol–water partition coefficient (Wildman–Crippen LogP) is 3.28. The lowest BCUT2D eigenvalue weighted by Crippen LogP contribution is -2.39. The second kappa shape index (κ2) is 5.19. The number of amides is 1. The molecule has 19 heavy (non-hydrogen) atoms. The van der Waals surface area contributed by atoms with Crippen molar-refractivity contribution < 1.29 is 22.4 Å². The highest BCUT2D eigenvalue weighted by Crippen LogP contribution is 2.29. The van der Waals surface area contributed by atoms with Crippen LogP contribution in [0.4, 0.5) is 17.6 Å². The van der Waals surface area contributed by atoms with Crippen LogP contribution in [0.15, 0.2) is 24.3 Å². The Morgan fingerprint density at radius 1 is 1.11 bits per heavy atom. The van der Waals surface area contributed by atoms with Gasteiger partial charge in [0.2, 0.25) is 0 Å². The van der Waals surface area contributed by atoms with E-state index in [9.17, 15) is 22.4 Å². The summed E-state index contributed by atoms with van der Waals surface area (Å²) in [4.78, 5) is 13.5. The smallest absolute Gasteiger partial charge is 0.338 e. The first-order valence-electron chi connectivity index (χ1n) is 5.98. The van der Waals surface area contributed by atoms with Crippen molar-refractivity contribution in [2.24, 2.45) is 0 Å². The van der Waals surface area contributed by atoms with Crippen molar-refractivity contribution in [2.75, 3.05) is 13.1 Å². The molecule has 1 aromatic rings. The van der Waals surface area contributed by atoms with Crippen LogP contribution in [-0.2, 0) is 6.18 Å². The summed E-state index contributed by atoms with van der Waals surface area (Å²) in [5.74, 6) is -0.347. The maximum atomic E-state index is 12.9. The lowest BCUT2D eigenvalue weighted by atomic mass is 10.1. The van der Waals surface area contributed by atoms with E-state index in [1.54, 1.807) is 0 Å². The minimum atomic E-state index is -4.41. The third-order valence-electron chi connectivity index (χ3n) is 3.17. The maximum Gasteiger partial charge on any atom is 0.416 e. The van der Waals surface area contributed by atoms with Gasteiger partial charge >= 0.3 is 6.18 Å². The van der Waals surface area contributed by atoms with Gasteiger partial charge in [-0.1, -0.05) is 0 Å². The van der Waals surface area contributed by atoms with Gasteiger partial charge in [-0.15, -0.1) is 0 Å². The monoisotopic (exact) mass is 275 g/mol. The highest BCUT2D eigenvalue weighted by Gasteiger charge is 2.30. The second-order valence-electron chi connectivity index (χ2n) is 4.54. The van der Waals surface area contributed by atoms with E-state index in [2.05, 4.69) is 0 Å². The van der Waals surface area contributed by atoms with Gasteiger partial charge in [-0.3, -0.25) is 4.79 Å². The zero-order valence-corrected chi connectivity index (χ0v) is 10.1. The van der Waals surface area contributed by atoms with Crippen LogP contribution < -0.4 is 0 Å². The number of rotatable bonds is 1. The van der Waals surface area contributed by atoms with Crippen LogP contribution in [0.1, 0.15) is 28.8 Å². The number of alkyl halides is 4. The molecule has 0 atom stereocenters. The summed E-state index contributed by atoms with van der Waals surface area (Å²) in [5, 5.41) is 0. The van der Waals surface area contributed by atoms with Crippen molar-refractivity contribution in [3.8, 4) is 0 Å². The zero-order chi connectivity index (χ0) is 14.0. The highest BCUT2D eigenvalue weighted by atomic mass is 19.4. The van der Waals surface area contributed by atoms with Gasteiger partial charge in [-0.05, 0) is 37.1 Å². The van der Waals surface area contributed by atoms with Crippen molar-refractivity contribution in [1.82, 2.24) is 4.90 Å². The summed E-state index contributed by atoms with van der Waals surface area (Å²) in [6.07, 6.45) is -4.73. The molecule has 0 aliphatic carbocycles. The van der Waals surface area contributed by atoms with Crippen LogP contribution in [0, 0.1) is 0 Å². The SMILES string of the molecule is O=C(c1ccc(C(F)(F)F)cc1)N1CCC(F)CC1. The summed E-state index contributed by atoms with van der Waals surface area (Å²) >= 11 is 0. The van der Waals surface area contributed by atoms with E-state index >= 15 is 0 Å². The number of halogens is 4. The molecular weight excluding hydrogens is 262 g/mol. The van der Waals surface area contributed by atoms with Crippen molar-refractivity contribution in [1.29, 1.82) is 0 Å². The lowest BCUT2D eigenvalue weighted by Gasteiger charge is -2.28. The molecule has 1 fully saturated rings. The van der Waals surface area contributed by atoms with Crippen LogP contribution in [0.5, 0.6) is 0 Å². The quantitative estimate of drug-likeness (QED) is 0.720. The molecule has 0 N–H and O–H groups in total. The second-order valence-corrected chi connectivity index (χ2v) is 4.54. The van der Waals surface area contributed by atoms with E-state index in [-0.39, 0.29) is 24.3 Å². The molecule has 0 spiro atoms. The van der Waals surface area contributed by atoms with Crippen molar-refractivity contribution in [3.05, 3.63) is 35.4 Å². The molecule has 2 nitrogen and oxygen atoms in total. The first-order chi connectivity index (χ1) is 8.88. The maximum absolute atomic E-state index is 12.9. The van der Waals surface area contributed by atoms with Crippen LogP contribution in [0.2, 0.25) is 0 Å². The third-order valence-corrected chi connectivity index (χ3v) is 3.17. The van der Waals surface area contributed by atoms with E-state index in [1.807, 2.05) is 0 Å². The average Bonchev–Trinajstić information content (AvgIpc) is 2.38. The Kier molecular flexibility index (Phi) is 3.78. The molecule has 0 saturated carbocycles. The number of hydrogen-bond donors (Lipinski definition) is 0. The molecule has 1 heterocycles. The largest absolute Gasteiger partial charge is 0.416 e. The fraction of sp³-hybridized carbons (Fsp3) is 0.462. The van der Waals surface area contributed by atoms with E-state index in [0.717, 1.165) is 24.3 Å². The van der Waals surface area contributed by atoms with Gasteiger partial charge in [-0.25, -0.2) is 4.39 Å². The van der Waals surface area contributed by atoms with Gasteiger partial charge in [0, 0.05) is 18.7 Å². The third kappa shape index (κ3) is 3.24. The number of likely N-dealkylation sites (tertiary alicyclic amines) is 1. The molecule has 0 unspecified atom stereocenters. The number of carbonyl (C=O) groups excluding carboxylic acids is 1. The fourth-order valence-electron chi connectivity index (χ4n) is 2.04. The van der Waals surface area contributed by atoms with Crippen molar-refractivity contribution >= 4 is 5.91 Å². The Morgan fingerprint density at radius 2 is 1.63 bits per heavy atom. The van der Waals surface area contributed by atoms with E-state index in [0.29, 0.717) is 13.1 Å². The molecule has 1 saturated heterocycles. The normalized spacial score (nSPS) is 17.6. The average molecular weight is 275 g/mol. The standard InChI is InChI=1S/C13H13F4NO/c14-11-5-7-18(8-6-11)12(19)9-1-3-10(4-2-9)13(15,16)17/h1-4,11H,5-8H2. The van der Waals surface area contributed by atoms with Crippen LogP contribution in [-0.4, -0.2) is 30.1 Å². The molecule has 6 heteroatoms. The Bertz CT molecular complexity index is 447. The van der Waals surface area contributed by atoms with Gasteiger partial charge in [0.1, 0.15) is 6.17 Å². The van der Waals surface area contributed by atoms with Crippen LogP contribution in [0.3, 0.4) is 0 Å². The number of nitrogens with zero attached hydrogens (tertiary/aromatic N) is 1. The van der Waals surface area contributed by atoms with E-state index < -0.39 is 17.9 Å². The summed E-state index contributed by atoms with van der Waals surface area (Å²) in [5.41, 5.74) is -0.586. The van der Waals surface area contributed by atoms with E-state index in [4.69, 9.17) is 0 Å². The molecular formula is C13H13F4NO. The molecule has 0 radical (unpaired) electrons. The highest BCUT2D eigenvalue weighted by molar-refractivity contribution is 5.94. The van der Waals surface area contributed by atoms with E-state index in [1.165, 1.54) is 4.90 Å². The molecule has 2 rings (SSSR count). The summed E-state index contributed by atoms with van der Waals surface area (Å²) in [7, 11) is 0. The predicted molar refractivity (Wildman–Crippen MR) is 61.5 cm³/mol. The first kappa shape index (κ1) is 13.8. The Hall–Kier alpha value is -1.59. The molecule has 1 amide bonds. The number of piperidine rings is 1. The van der Waals surface area contributed by atoms with Gasteiger partial charge < -0.3 is 4.90 Å². The van der Waals surface area contributed by atoms with Crippen molar-refractivity contribution in [3.63, 3.8) is 0 Å². The summed E-state index contributed by atoms with van der Waals surface area (Å²) in [6.45, 7) is 0.613. The zero-order valence-electron chi connectivity index (χ0n) is 10.1.